The van der Waals surface area contributed by atoms with E-state index in [9.17, 15) is 0 Å². The number of aromatic nitrogens is 1. The van der Waals surface area contributed by atoms with Gasteiger partial charge in [-0.3, -0.25) is 9.98 Å². The predicted octanol–water partition coefficient (Wildman–Crippen LogP) is 6.29. The molecule has 2 atom stereocenters. The topological polar surface area (TPSA) is 40.5 Å². The lowest BCUT2D eigenvalue weighted by atomic mass is 9.92. The molecule has 0 radical (unpaired) electrons. The number of rotatable bonds is 3. The largest absolute Gasteiger partial charge is 0.360 e. The number of hydrogen-bond acceptors (Lipinski definition) is 2. The van der Waals surface area contributed by atoms with E-state index in [1.165, 1.54) is 11.1 Å². The van der Waals surface area contributed by atoms with Gasteiger partial charge < -0.3 is 4.98 Å². The van der Waals surface area contributed by atoms with Gasteiger partial charge >= 0.3 is 0 Å². The Bertz CT molecular complexity index is 1180. The van der Waals surface area contributed by atoms with Crippen molar-refractivity contribution >= 4 is 38.8 Å². The van der Waals surface area contributed by atoms with Crippen LogP contribution < -0.4 is 0 Å². The molecule has 4 heteroatoms. The Morgan fingerprint density at radius 2 is 1.46 bits per heavy atom. The fourth-order valence-corrected chi connectivity index (χ4v) is 4.12. The molecule has 1 aliphatic rings. The molecule has 1 N–H and O–H groups in total. The molecule has 3 aromatic carbocycles. The minimum atomic E-state index is -0.0519. The van der Waals surface area contributed by atoms with E-state index in [1.807, 2.05) is 24.5 Å². The number of aliphatic imine (C=N–C) groups is 2. The Hall–Kier alpha value is -2.98. The molecule has 1 aromatic heterocycles. The van der Waals surface area contributed by atoms with Crippen molar-refractivity contribution in [3.8, 4) is 0 Å². The van der Waals surface area contributed by atoms with Gasteiger partial charge in [0, 0.05) is 33.4 Å². The molecule has 136 valence electrons. The lowest BCUT2D eigenvalue weighted by Gasteiger charge is -2.25. The van der Waals surface area contributed by atoms with Gasteiger partial charge in [-0.05, 0) is 23.3 Å². The second-order valence-electron chi connectivity index (χ2n) is 6.90. The first-order valence-electron chi connectivity index (χ1n) is 9.27. The van der Waals surface area contributed by atoms with Gasteiger partial charge in [-0.2, -0.15) is 0 Å². The predicted molar refractivity (Wildman–Crippen MR) is 119 cm³/mol. The zero-order valence-corrected chi connectivity index (χ0v) is 16.7. The molecule has 28 heavy (non-hydrogen) atoms. The Balaban J connectivity index is 1.62. The fraction of sp³-hybridized carbons (Fsp3) is 0.0833. The Morgan fingerprint density at radius 1 is 0.786 bits per heavy atom. The summed E-state index contributed by atoms with van der Waals surface area (Å²) in [5.41, 5.74) is 5.43. The van der Waals surface area contributed by atoms with Gasteiger partial charge in [0.2, 0.25) is 0 Å². The average Bonchev–Trinajstić information content (AvgIpc) is 3.17. The fourth-order valence-electron chi connectivity index (χ4n) is 3.76. The van der Waals surface area contributed by atoms with Crippen molar-refractivity contribution in [2.75, 3.05) is 0 Å². The summed E-state index contributed by atoms with van der Waals surface area (Å²) in [6.07, 6.45) is 3.94. The number of fused-ring (bicyclic) bond motifs is 1. The minimum Gasteiger partial charge on any atom is -0.360 e. The summed E-state index contributed by atoms with van der Waals surface area (Å²) in [7, 11) is 0. The molecule has 2 heterocycles. The van der Waals surface area contributed by atoms with E-state index in [1.54, 1.807) is 0 Å². The molecule has 0 saturated heterocycles. The van der Waals surface area contributed by atoms with E-state index < -0.39 is 0 Å². The second kappa shape index (κ2) is 7.21. The molecule has 0 spiro atoms. The van der Waals surface area contributed by atoms with Gasteiger partial charge in [0.05, 0.1) is 5.71 Å². The SMILES string of the molecule is Brc1ccc2c(C3=N[C@H](c4ccccc4)[C@@H](c4ccccc4)N=C3)c[nH]c2c1. The molecule has 0 amide bonds. The van der Waals surface area contributed by atoms with Gasteiger partial charge in [0.25, 0.3) is 0 Å². The van der Waals surface area contributed by atoms with Gasteiger partial charge in [0.1, 0.15) is 12.1 Å². The van der Waals surface area contributed by atoms with Crippen molar-refractivity contribution in [3.05, 3.63) is 106 Å². The smallest absolute Gasteiger partial charge is 0.102 e. The van der Waals surface area contributed by atoms with Gasteiger partial charge in [-0.25, -0.2) is 0 Å². The highest BCUT2D eigenvalue weighted by atomic mass is 79.9. The van der Waals surface area contributed by atoms with Gasteiger partial charge in [-0.1, -0.05) is 82.7 Å². The number of aromatic amines is 1. The van der Waals surface area contributed by atoms with Crippen LogP contribution in [0, 0.1) is 0 Å². The third kappa shape index (κ3) is 3.10. The summed E-state index contributed by atoms with van der Waals surface area (Å²) >= 11 is 3.53. The van der Waals surface area contributed by atoms with Crippen molar-refractivity contribution in [2.24, 2.45) is 9.98 Å². The van der Waals surface area contributed by atoms with E-state index in [0.717, 1.165) is 26.7 Å². The number of halogens is 1. The molecule has 5 rings (SSSR count). The molecular weight excluding hydrogens is 410 g/mol. The van der Waals surface area contributed by atoms with Crippen LogP contribution in [0.25, 0.3) is 10.9 Å². The second-order valence-corrected chi connectivity index (χ2v) is 7.81. The van der Waals surface area contributed by atoms with Crippen molar-refractivity contribution in [3.63, 3.8) is 0 Å². The maximum atomic E-state index is 5.16. The number of benzene rings is 3. The Labute approximate surface area is 172 Å². The van der Waals surface area contributed by atoms with E-state index in [4.69, 9.17) is 9.98 Å². The average molecular weight is 428 g/mol. The van der Waals surface area contributed by atoms with Crippen LogP contribution in [0.3, 0.4) is 0 Å². The highest BCUT2D eigenvalue weighted by Crippen LogP contribution is 2.38. The zero-order valence-electron chi connectivity index (χ0n) is 15.1. The van der Waals surface area contributed by atoms with Crippen LogP contribution in [0.1, 0.15) is 28.8 Å². The maximum absolute atomic E-state index is 5.16. The lowest BCUT2D eigenvalue weighted by molar-refractivity contribution is 0.577. The normalized spacial score (nSPS) is 19.0. The van der Waals surface area contributed by atoms with Crippen molar-refractivity contribution in [2.45, 2.75) is 12.1 Å². The summed E-state index contributed by atoms with van der Waals surface area (Å²) in [4.78, 5) is 13.5. The molecule has 0 saturated carbocycles. The van der Waals surface area contributed by atoms with E-state index >= 15 is 0 Å². The molecular formula is C24H18BrN3. The monoisotopic (exact) mass is 427 g/mol. The number of H-pyrrole nitrogens is 1. The van der Waals surface area contributed by atoms with Gasteiger partial charge in [-0.15, -0.1) is 0 Å². The van der Waals surface area contributed by atoms with Crippen LogP contribution >= 0.6 is 15.9 Å². The summed E-state index contributed by atoms with van der Waals surface area (Å²) in [5.74, 6) is 0. The molecule has 0 unspecified atom stereocenters. The minimum absolute atomic E-state index is 0.0216. The molecule has 0 bridgehead atoms. The van der Waals surface area contributed by atoms with Gasteiger partial charge in [0.15, 0.2) is 0 Å². The molecule has 0 aliphatic carbocycles. The van der Waals surface area contributed by atoms with Crippen LogP contribution in [-0.4, -0.2) is 16.9 Å². The molecule has 1 aliphatic heterocycles. The highest BCUT2D eigenvalue weighted by molar-refractivity contribution is 9.10. The quantitative estimate of drug-likeness (QED) is 0.399. The number of nitrogens with one attached hydrogen (secondary N) is 1. The Kier molecular flexibility index (Phi) is 4.41. The van der Waals surface area contributed by atoms with Crippen LogP contribution in [0.4, 0.5) is 0 Å². The van der Waals surface area contributed by atoms with E-state index in [2.05, 4.69) is 87.6 Å². The summed E-state index contributed by atoms with van der Waals surface area (Å²) in [5, 5.41) is 1.15. The number of hydrogen-bond donors (Lipinski definition) is 1. The third-order valence-corrected chi connectivity index (χ3v) is 5.63. The van der Waals surface area contributed by atoms with Crippen molar-refractivity contribution in [1.82, 2.24) is 4.98 Å². The molecule has 4 aromatic rings. The first-order valence-corrected chi connectivity index (χ1v) is 10.1. The van der Waals surface area contributed by atoms with Crippen LogP contribution in [0.5, 0.6) is 0 Å². The summed E-state index contributed by atoms with van der Waals surface area (Å²) in [6, 6.07) is 27.0. The van der Waals surface area contributed by atoms with Crippen LogP contribution in [0.15, 0.2) is 99.5 Å². The highest BCUT2D eigenvalue weighted by Gasteiger charge is 2.27. The maximum Gasteiger partial charge on any atom is 0.102 e. The number of nitrogens with zero attached hydrogens (tertiary/aromatic N) is 2. The first kappa shape index (κ1) is 17.1. The standard InChI is InChI=1S/C24H18BrN3/c25-18-11-12-19-20(14-26-21(19)13-18)22-15-27-23(16-7-3-1-4-8-16)24(28-22)17-9-5-2-6-10-17/h1-15,23-24,26H/t23-,24-/m1/s1. The molecule has 0 fully saturated rings. The zero-order chi connectivity index (χ0) is 18.9. The lowest BCUT2D eigenvalue weighted by Crippen LogP contribution is -2.18. The van der Waals surface area contributed by atoms with E-state index in [0.29, 0.717) is 0 Å². The molecule has 3 nitrogen and oxygen atoms in total. The summed E-state index contributed by atoms with van der Waals surface area (Å²) < 4.78 is 1.05. The first-order chi connectivity index (χ1) is 13.8. The summed E-state index contributed by atoms with van der Waals surface area (Å²) in [6.45, 7) is 0. The van der Waals surface area contributed by atoms with Crippen LogP contribution in [0.2, 0.25) is 0 Å². The van der Waals surface area contributed by atoms with E-state index in [-0.39, 0.29) is 12.1 Å². The Morgan fingerprint density at radius 3 is 2.18 bits per heavy atom. The third-order valence-electron chi connectivity index (χ3n) is 5.14. The van der Waals surface area contributed by atoms with Crippen molar-refractivity contribution < 1.29 is 0 Å². The van der Waals surface area contributed by atoms with Crippen molar-refractivity contribution in [1.29, 1.82) is 0 Å². The van der Waals surface area contributed by atoms with Crippen LogP contribution in [-0.2, 0) is 0 Å².